The Balaban J connectivity index is 1.87. The van der Waals surface area contributed by atoms with Gasteiger partial charge in [-0.05, 0) is 55.9 Å². The molecule has 116 valence electrons. The molecule has 3 nitrogen and oxygen atoms in total. The summed E-state index contributed by atoms with van der Waals surface area (Å²) in [6, 6.07) is 13.9. The maximum Gasteiger partial charge on any atom is 0.171 e. The van der Waals surface area contributed by atoms with Gasteiger partial charge in [-0.15, -0.1) is 0 Å². The van der Waals surface area contributed by atoms with E-state index < -0.39 is 0 Å². The Kier molecular flexibility index (Phi) is 5.72. The van der Waals surface area contributed by atoms with Gasteiger partial charge in [0.2, 0.25) is 0 Å². The summed E-state index contributed by atoms with van der Waals surface area (Å²) < 4.78 is 18.5. The molecule has 0 aliphatic rings. The third kappa shape index (κ3) is 5.33. The Labute approximate surface area is 135 Å². The minimum atomic E-state index is -0.244. The quantitative estimate of drug-likeness (QED) is 0.813. The fourth-order valence-corrected chi connectivity index (χ4v) is 2.07. The number of nitrogens with one attached hydrogen (secondary N) is 2. The van der Waals surface area contributed by atoms with Gasteiger partial charge in [0.25, 0.3) is 0 Å². The maximum atomic E-state index is 12.8. The molecule has 0 amide bonds. The highest BCUT2D eigenvalue weighted by atomic mass is 32.1. The van der Waals surface area contributed by atoms with Crippen LogP contribution in [-0.2, 0) is 6.54 Å². The van der Waals surface area contributed by atoms with E-state index in [1.54, 1.807) is 12.1 Å². The van der Waals surface area contributed by atoms with Crippen molar-refractivity contribution in [2.24, 2.45) is 0 Å². The SMILES string of the molecule is CC(C)Oc1cccc(NC(=S)NCc2ccc(F)cc2)c1. The summed E-state index contributed by atoms with van der Waals surface area (Å²) in [5, 5.41) is 6.69. The maximum absolute atomic E-state index is 12.8. The van der Waals surface area contributed by atoms with Crippen molar-refractivity contribution in [1.82, 2.24) is 5.32 Å². The van der Waals surface area contributed by atoms with E-state index in [1.807, 2.05) is 38.1 Å². The van der Waals surface area contributed by atoms with E-state index in [0.29, 0.717) is 11.7 Å². The average molecular weight is 318 g/mol. The Morgan fingerprint density at radius 2 is 1.91 bits per heavy atom. The zero-order valence-corrected chi connectivity index (χ0v) is 13.4. The van der Waals surface area contributed by atoms with E-state index in [2.05, 4.69) is 10.6 Å². The minimum Gasteiger partial charge on any atom is -0.491 e. The van der Waals surface area contributed by atoms with Gasteiger partial charge in [-0.3, -0.25) is 0 Å². The van der Waals surface area contributed by atoms with E-state index in [1.165, 1.54) is 12.1 Å². The van der Waals surface area contributed by atoms with Gasteiger partial charge < -0.3 is 15.4 Å². The molecular formula is C17H19FN2OS. The second-order valence-corrected chi connectivity index (χ2v) is 5.54. The van der Waals surface area contributed by atoms with Crippen LogP contribution in [0, 0.1) is 5.82 Å². The predicted octanol–water partition coefficient (Wildman–Crippen LogP) is 4.10. The lowest BCUT2D eigenvalue weighted by Gasteiger charge is -2.13. The van der Waals surface area contributed by atoms with Crippen molar-refractivity contribution < 1.29 is 9.13 Å². The molecule has 0 heterocycles. The van der Waals surface area contributed by atoms with E-state index in [4.69, 9.17) is 17.0 Å². The van der Waals surface area contributed by atoms with E-state index in [0.717, 1.165) is 17.0 Å². The van der Waals surface area contributed by atoms with Crippen molar-refractivity contribution in [3.63, 3.8) is 0 Å². The number of hydrogen-bond acceptors (Lipinski definition) is 2. The minimum absolute atomic E-state index is 0.124. The van der Waals surface area contributed by atoms with Crippen molar-refractivity contribution in [3.05, 3.63) is 59.9 Å². The fourth-order valence-electron chi connectivity index (χ4n) is 1.88. The van der Waals surface area contributed by atoms with E-state index in [-0.39, 0.29) is 11.9 Å². The lowest BCUT2D eigenvalue weighted by Crippen LogP contribution is -2.27. The van der Waals surface area contributed by atoms with Crippen molar-refractivity contribution in [3.8, 4) is 5.75 Å². The number of benzene rings is 2. The standard InChI is InChI=1S/C17H19FN2OS/c1-12(2)21-16-5-3-4-15(10-16)20-17(22)19-11-13-6-8-14(18)9-7-13/h3-10,12H,11H2,1-2H3,(H2,19,20,22). The summed E-state index contributed by atoms with van der Waals surface area (Å²) >= 11 is 5.25. The van der Waals surface area contributed by atoms with Crippen LogP contribution in [0.4, 0.5) is 10.1 Å². The second kappa shape index (κ2) is 7.75. The monoisotopic (exact) mass is 318 g/mol. The smallest absolute Gasteiger partial charge is 0.171 e. The number of thiocarbonyl (C=S) groups is 1. The van der Waals surface area contributed by atoms with Gasteiger partial charge in [0.1, 0.15) is 11.6 Å². The Morgan fingerprint density at radius 1 is 1.18 bits per heavy atom. The molecule has 0 aromatic heterocycles. The van der Waals surface area contributed by atoms with E-state index >= 15 is 0 Å². The van der Waals surface area contributed by atoms with Gasteiger partial charge in [-0.2, -0.15) is 0 Å². The van der Waals surface area contributed by atoms with Crippen LogP contribution >= 0.6 is 12.2 Å². The molecule has 5 heteroatoms. The predicted molar refractivity (Wildman–Crippen MR) is 91.7 cm³/mol. The summed E-state index contributed by atoms with van der Waals surface area (Å²) in [6.45, 7) is 4.50. The second-order valence-electron chi connectivity index (χ2n) is 5.13. The molecule has 0 saturated heterocycles. The van der Waals surface area contributed by atoms with Gasteiger partial charge in [-0.1, -0.05) is 18.2 Å². The van der Waals surface area contributed by atoms with Gasteiger partial charge >= 0.3 is 0 Å². The highest BCUT2D eigenvalue weighted by Crippen LogP contribution is 2.18. The van der Waals surface area contributed by atoms with Crippen LogP contribution in [0.5, 0.6) is 5.75 Å². The van der Waals surface area contributed by atoms with Gasteiger partial charge in [-0.25, -0.2) is 4.39 Å². The first-order valence-corrected chi connectivity index (χ1v) is 7.50. The zero-order chi connectivity index (χ0) is 15.9. The fraction of sp³-hybridized carbons (Fsp3) is 0.235. The molecule has 0 saturated carbocycles. The molecule has 2 rings (SSSR count). The van der Waals surface area contributed by atoms with Gasteiger partial charge in [0, 0.05) is 18.3 Å². The Hall–Kier alpha value is -2.14. The molecule has 0 fully saturated rings. The van der Waals surface area contributed by atoms with Crippen LogP contribution in [0.2, 0.25) is 0 Å². The number of halogens is 1. The highest BCUT2D eigenvalue weighted by molar-refractivity contribution is 7.80. The van der Waals surface area contributed by atoms with Crippen molar-refractivity contribution in [1.29, 1.82) is 0 Å². The molecule has 2 aromatic carbocycles. The summed E-state index contributed by atoms with van der Waals surface area (Å²) in [7, 11) is 0. The Bertz CT molecular complexity index is 629. The lowest BCUT2D eigenvalue weighted by molar-refractivity contribution is 0.242. The molecule has 0 aliphatic heterocycles. The molecule has 2 N–H and O–H groups in total. The average Bonchev–Trinajstić information content (AvgIpc) is 2.46. The Morgan fingerprint density at radius 3 is 2.59 bits per heavy atom. The molecule has 0 unspecified atom stereocenters. The van der Waals surface area contributed by atoms with Crippen molar-refractivity contribution >= 4 is 23.0 Å². The van der Waals surface area contributed by atoms with Crippen LogP contribution in [0.3, 0.4) is 0 Å². The van der Waals surface area contributed by atoms with Crippen molar-refractivity contribution in [2.75, 3.05) is 5.32 Å². The zero-order valence-electron chi connectivity index (χ0n) is 12.6. The molecule has 0 radical (unpaired) electrons. The summed E-state index contributed by atoms with van der Waals surface area (Å²) in [6.07, 6.45) is 0.124. The largest absolute Gasteiger partial charge is 0.491 e. The van der Waals surface area contributed by atoms with Crippen LogP contribution in [0.1, 0.15) is 19.4 Å². The molecule has 0 bridgehead atoms. The number of hydrogen-bond donors (Lipinski definition) is 2. The van der Waals surface area contributed by atoms with Crippen LogP contribution in [0.25, 0.3) is 0 Å². The van der Waals surface area contributed by atoms with E-state index in [9.17, 15) is 4.39 Å². The first-order chi connectivity index (χ1) is 10.5. The van der Waals surface area contributed by atoms with Crippen molar-refractivity contribution in [2.45, 2.75) is 26.5 Å². The lowest BCUT2D eigenvalue weighted by atomic mass is 10.2. The molecular weight excluding hydrogens is 299 g/mol. The van der Waals surface area contributed by atoms with Crippen LogP contribution in [-0.4, -0.2) is 11.2 Å². The summed E-state index contributed by atoms with van der Waals surface area (Å²) in [5.74, 6) is 0.549. The third-order valence-electron chi connectivity index (χ3n) is 2.83. The summed E-state index contributed by atoms with van der Waals surface area (Å²) in [4.78, 5) is 0. The molecule has 0 atom stereocenters. The highest BCUT2D eigenvalue weighted by Gasteiger charge is 2.02. The third-order valence-corrected chi connectivity index (χ3v) is 3.08. The molecule has 2 aromatic rings. The number of ether oxygens (including phenoxy) is 1. The molecule has 22 heavy (non-hydrogen) atoms. The topological polar surface area (TPSA) is 33.3 Å². The molecule has 0 spiro atoms. The van der Waals surface area contributed by atoms with Gasteiger partial charge in [0.05, 0.1) is 6.10 Å². The van der Waals surface area contributed by atoms with Crippen LogP contribution < -0.4 is 15.4 Å². The first kappa shape index (κ1) is 16.2. The number of anilines is 1. The molecule has 0 aliphatic carbocycles. The normalized spacial score (nSPS) is 10.4. The first-order valence-electron chi connectivity index (χ1n) is 7.09. The van der Waals surface area contributed by atoms with Gasteiger partial charge in [0.15, 0.2) is 5.11 Å². The van der Waals surface area contributed by atoms with Crippen LogP contribution in [0.15, 0.2) is 48.5 Å². The number of rotatable bonds is 5. The summed E-state index contributed by atoms with van der Waals surface area (Å²) in [5.41, 5.74) is 1.82.